The number of unbranched alkanes of at least 4 members (excludes halogenated alkanes) is 2. The first-order valence-electron chi connectivity index (χ1n) is 8.03. The minimum atomic E-state index is -1.37. The van der Waals surface area contributed by atoms with Crippen molar-refractivity contribution in [1.82, 2.24) is 0 Å². The lowest BCUT2D eigenvalue weighted by Crippen LogP contribution is -2.41. The van der Waals surface area contributed by atoms with Gasteiger partial charge in [-0.3, -0.25) is 0 Å². The highest BCUT2D eigenvalue weighted by Crippen LogP contribution is 2.27. The van der Waals surface area contributed by atoms with Crippen LogP contribution in [0.3, 0.4) is 0 Å². The Kier molecular flexibility index (Phi) is 5.77. The molecule has 0 spiro atoms. The van der Waals surface area contributed by atoms with Gasteiger partial charge in [0.25, 0.3) is 5.79 Å². The van der Waals surface area contributed by atoms with Crippen LogP contribution in [-0.4, -0.2) is 24.3 Å². The first-order valence-corrected chi connectivity index (χ1v) is 8.03. The molecule has 1 heterocycles. The molecule has 0 N–H and O–H groups in total. The van der Waals surface area contributed by atoms with Crippen LogP contribution < -0.4 is 4.74 Å². The van der Waals surface area contributed by atoms with E-state index in [1.54, 1.807) is 0 Å². The van der Waals surface area contributed by atoms with Gasteiger partial charge in [-0.05, 0) is 30.2 Å². The third-order valence-corrected chi connectivity index (χ3v) is 3.45. The Labute approximate surface area is 144 Å². The number of carbonyl (C=O) groups is 2. The van der Waals surface area contributed by atoms with E-state index in [-0.39, 0.29) is 17.9 Å². The van der Waals surface area contributed by atoms with Gasteiger partial charge in [0.2, 0.25) is 5.82 Å². The summed E-state index contributed by atoms with van der Waals surface area (Å²) in [6, 6.07) is 2.08. The molecular weight excluding hydrogens is 334 g/mol. The highest BCUT2D eigenvalue weighted by atomic mass is 19.2. The Hall–Kier alpha value is -2.44. The van der Waals surface area contributed by atoms with Crippen LogP contribution in [0.4, 0.5) is 8.78 Å². The number of esters is 2. The van der Waals surface area contributed by atoms with Crippen LogP contribution >= 0.6 is 0 Å². The van der Waals surface area contributed by atoms with Crippen molar-refractivity contribution in [3.8, 4) is 5.75 Å². The van der Waals surface area contributed by atoms with Crippen LogP contribution in [0.5, 0.6) is 5.75 Å². The van der Waals surface area contributed by atoms with Crippen LogP contribution in [-0.2, 0) is 19.1 Å². The summed E-state index contributed by atoms with van der Waals surface area (Å²) in [5.74, 6) is -5.69. The molecule has 0 radical (unpaired) electrons. The zero-order valence-electron chi connectivity index (χ0n) is 14.4. The van der Waals surface area contributed by atoms with E-state index in [1.165, 1.54) is 19.9 Å². The summed E-state index contributed by atoms with van der Waals surface area (Å²) in [6.45, 7) is 5.08. The molecule has 1 fully saturated rings. The van der Waals surface area contributed by atoms with Crippen molar-refractivity contribution in [2.45, 2.75) is 45.8 Å². The molecule has 0 atom stereocenters. The molecule has 5 nitrogen and oxygen atoms in total. The first-order chi connectivity index (χ1) is 11.7. The van der Waals surface area contributed by atoms with Gasteiger partial charge in [0.1, 0.15) is 5.57 Å². The van der Waals surface area contributed by atoms with E-state index in [9.17, 15) is 18.4 Å². The normalized spacial score (nSPS) is 16.3. The van der Waals surface area contributed by atoms with Crippen molar-refractivity contribution in [3.63, 3.8) is 0 Å². The van der Waals surface area contributed by atoms with Crippen molar-refractivity contribution in [3.05, 3.63) is 34.9 Å². The summed E-state index contributed by atoms with van der Waals surface area (Å²) >= 11 is 0. The number of ether oxygens (including phenoxy) is 3. The zero-order valence-corrected chi connectivity index (χ0v) is 14.4. The number of hydrogen-bond acceptors (Lipinski definition) is 5. The fraction of sp³-hybridized carbons (Fsp3) is 0.444. The van der Waals surface area contributed by atoms with Crippen molar-refractivity contribution in [1.29, 1.82) is 0 Å². The molecular formula is C18H20F2O5. The highest BCUT2D eigenvalue weighted by Gasteiger charge is 2.38. The Balaban J connectivity index is 2.26. The molecule has 0 bridgehead atoms. The second-order valence-corrected chi connectivity index (χ2v) is 6.11. The fourth-order valence-electron chi connectivity index (χ4n) is 2.25. The van der Waals surface area contributed by atoms with E-state index in [1.807, 2.05) is 6.92 Å². The Morgan fingerprint density at radius 1 is 1.12 bits per heavy atom. The molecule has 1 aromatic carbocycles. The molecule has 136 valence electrons. The summed E-state index contributed by atoms with van der Waals surface area (Å²) in [5, 5.41) is 0. The monoisotopic (exact) mass is 354 g/mol. The minimum Gasteiger partial charge on any atom is -0.490 e. The van der Waals surface area contributed by atoms with E-state index in [0.717, 1.165) is 25.0 Å². The van der Waals surface area contributed by atoms with Gasteiger partial charge in [0, 0.05) is 13.8 Å². The van der Waals surface area contributed by atoms with Gasteiger partial charge < -0.3 is 14.2 Å². The molecule has 1 aliphatic heterocycles. The number of benzene rings is 1. The Bertz CT molecular complexity index is 688. The lowest BCUT2D eigenvalue weighted by molar-refractivity contribution is -0.222. The summed E-state index contributed by atoms with van der Waals surface area (Å²) < 4.78 is 42.8. The summed E-state index contributed by atoms with van der Waals surface area (Å²) in [4.78, 5) is 23.8. The van der Waals surface area contributed by atoms with Gasteiger partial charge in [-0.25, -0.2) is 14.0 Å². The van der Waals surface area contributed by atoms with Crippen LogP contribution in [0.25, 0.3) is 6.08 Å². The standard InChI is InChI=1S/C18H20F2O5/c1-4-5-6-7-23-14-10-11(9-13(19)15(14)20)8-12-16(21)24-18(2,3)25-17(12)22/h8-10H,4-7H2,1-3H3. The topological polar surface area (TPSA) is 61.8 Å². The predicted octanol–water partition coefficient (Wildman–Crippen LogP) is 3.75. The van der Waals surface area contributed by atoms with Crippen LogP contribution in [0.1, 0.15) is 45.6 Å². The van der Waals surface area contributed by atoms with Gasteiger partial charge in [-0.15, -0.1) is 0 Å². The summed E-state index contributed by atoms with van der Waals surface area (Å²) in [7, 11) is 0. The molecule has 25 heavy (non-hydrogen) atoms. The molecule has 0 amide bonds. The van der Waals surface area contributed by atoms with Gasteiger partial charge >= 0.3 is 11.9 Å². The van der Waals surface area contributed by atoms with Gasteiger partial charge in [-0.1, -0.05) is 19.8 Å². The van der Waals surface area contributed by atoms with Crippen LogP contribution in [0.15, 0.2) is 17.7 Å². The maximum absolute atomic E-state index is 13.8. The van der Waals surface area contributed by atoms with Crippen molar-refractivity contribution < 1.29 is 32.6 Å². The molecule has 1 saturated heterocycles. The smallest absolute Gasteiger partial charge is 0.348 e. The molecule has 0 saturated carbocycles. The number of halogens is 2. The van der Waals surface area contributed by atoms with E-state index in [2.05, 4.69) is 0 Å². The predicted molar refractivity (Wildman–Crippen MR) is 85.6 cm³/mol. The van der Waals surface area contributed by atoms with Crippen molar-refractivity contribution in [2.75, 3.05) is 6.61 Å². The molecule has 0 unspecified atom stereocenters. The van der Waals surface area contributed by atoms with Crippen molar-refractivity contribution in [2.24, 2.45) is 0 Å². The van der Waals surface area contributed by atoms with Crippen molar-refractivity contribution >= 4 is 18.0 Å². The third kappa shape index (κ3) is 4.78. The molecule has 1 aromatic rings. The number of hydrogen-bond donors (Lipinski definition) is 0. The maximum atomic E-state index is 13.8. The van der Waals surface area contributed by atoms with Crippen LogP contribution in [0.2, 0.25) is 0 Å². The second kappa shape index (κ2) is 7.63. The van der Waals surface area contributed by atoms with Gasteiger partial charge in [-0.2, -0.15) is 4.39 Å². The molecule has 2 rings (SSSR count). The minimum absolute atomic E-state index is 0.0907. The molecule has 1 aliphatic rings. The summed E-state index contributed by atoms with van der Waals surface area (Å²) in [6.07, 6.45) is 3.66. The number of cyclic esters (lactones) is 2. The van der Waals surface area contributed by atoms with E-state index in [4.69, 9.17) is 14.2 Å². The van der Waals surface area contributed by atoms with E-state index < -0.39 is 34.9 Å². The maximum Gasteiger partial charge on any atom is 0.348 e. The third-order valence-electron chi connectivity index (χ3n) is 3.45. The Morgan fingerprint density at radius 2 is 1.76 bits per heavy atom. The average Bonchev–Trinajstić information content (AvgIpc) is 2.50. The summed E-state index contributed by atoms with van der Waals surface area (Å²) in [5.41, 5.74) is -0.310. The largest absolute Gasteiger partial charge is 0.490 e. The SMILES string of the molecule is CCCCCOc1cc(C=C2C(=O)OC(C)(C)OC2=O)cc(F)c1F. The average molecular weight is 354 g/mol. The lowest BCUT2D eigenvalue weighted by atomic mass is 10.1. The second-order valence-electron chi connectivity index (χ2n) is 6.11. The zero-order chi connectivity index (χ0) is 18.6. The fourth-order valence-corrected chi connectivity index (χ4v) is 2.25. The molecule has 7 heteroatoms. The number of carbonyl (C=O) groups excluding carboxylic acids is 2. The van der Waals surface area contributed by atoms with E-state index in [0.29, 0.717) is 6.42 Å². The van der Waals surface area contributed by atoms with E-state index >= 15 is 0 Å². The lowest BCUT2D eigenvalue weighted by Gasteiger charge is -2.29. The first kappa shape index (κ1) is 18.9. The van der Waals surface area contributed by atoms with Gasteiger partial charge in [0.05, 0.1) is 6.61 Å². The Morgan fingerprint density at radius 3 is 2.36 bits per heavy atom. The van der Waals surface area contributed by atoms with Crippen LogP contribution in [0, 0.1) is 11.6 Å². The molecule has 0 aromatic heterocycles. The number of rotatable bonds is 6. The van der Waals surface area contributed by atoms with Gasteiger partial charge in [0.15, 0.2) is 11.6 Å². The quantitative estimate of drug-likeness (QED) is 0.337. The highest BCUT2D eigenvalue weighted by molar-refractivity contribution is 6.18. The molecule has 0 aliphatic carbocycles.